The Hall–Kier alpha value is -0.0500. The third-order valence-electron chi connectivity index (χ3n) is 2.28. The fourth-order valence-electron chi connectivity index (χ4n) is 1.53. The van der Waals surface area contributed by atoms with Crippen molar-refractivity contribution in [3.8, 4) is 0 Å². The first kappa shape index (κ1) is 12.9. The minimum atomic E-state index is 0.215. The van der Waals surface area contributed by atoms with Gasteiger partial charge in [0.1, 0.15) is 0 Å². The maximum atomic E-state index is 8.88. The van der Waals surface area contributed by atoms with Crippen molar-refractivity contribution < 1.29 is 5.11 Å². The molecule has 0 atom stereocenters. The summed E-state index contributed by atoms with van der Waals surface area (Å²) in [6.45, 7) is 6.11. The third kappa shape index (κ3) is 5.29. The molecule has 0 aliphatic heterocycles. The molecule has 0 heterocycles. The van der Waals surface area contributed by atoms with E-state index in [0.29, 0.717) is 6.04 Å². The van der Waals surface area contributed by atoms with E-state index in [9.17, 15) is 0 Å². The Balaban J connectivity index is 4.03. The predicted molar refractivity (Wildman–Crippen MR) is 58.0 cm³/mol. The van der Waals surface area contributed by atoms with Crippen LogP contribution >= 0.6 is 11.6 Å². The Morgan fingerprint density at radius 3 is 2.38 bits per heavy atom. The van der Waals surface area contributed by atoms with Gasteiger partial charge < -0.3 is 5.11 Å². The highest BCUT2D eigenvalue weighted by molar-refractivity contribution is 6.25. The molecule has 0 bridgehead atoms. The second-order valence-electron chi connectivity index (χ2n) is 3.05. The molecule has 13 heavy (non-hydrogen) atoms. The van der Waals surface area contributed by atoms with Gasteiger partial charge in [-0.05, 0) is 12.8 Å². The van der Waals surface area contributed by atoms with Gasteiger partial charge in [-0.1, -0.05) is 31.5 Å². The highest BCUT2D eigenvalue weighted by Gasteiger charge is 2.12. The van der Waals surface area contributed by atoms with E-state index in [-0.39, 0.29) is 6.61 Å². The lowest BCUT2D eigenvalue weighted by atomic mass is 10.1. The first-order chi connectivity index (χ1) is 6.29. The highest BCUT2D eigenvalue weighted by atomic mass is 35.5. The average Bonchev–Trinajstić information content (AvgIpc) is 2.16. The zero-order chi connectivity index (χ0) is 10.1. The first-order valence-electron chi connectivity index (χ1n) is 4.90. The largest absolute Gasteiger partial charge is 0.395 e. The molecule has 0 fully saturated rings. The molecule has 0 saturated carbocycles. The molecule has 0 rings (SSSR count). The van der Waals surface area contributed by atoms with Crippen molar-refractivity contribution in [3.63, 3.8) is 0 Å². The predicted octanol–water partition coefficient (Wildman–Crippen LogP) is 2.22. The van der Waals surface area contributed by atoms with E-state index in [0.717, 1.165) is 25.9 Å². The van der Waals surface area contributed by atoms with Crippen molar-refractivity contribution in [2.24, 2.45) is 0 Å². The van der Waals surface area contributed by atoms with Crippen LogP contribution in [0.5, 0.6) is 0 Å². The summed E-state index contributed by atoms with van der Waals surface area (Å²) in [6, 6.07) is 0.556. The van der Waals surface area contributed by atoms with E-state index in [2.05, 4.69) is 18.7 Å². The Labute approximate surface area is 86.2 Å². The van der Waals surface area contributed by atoms with Gasteiger partial charge in [0.15, 0.2) is 0 Å². The lowest BCUT2D eigenvalue weighted by Crippen LogP contribution is -2.36. The summed E-state index contributed by atoms with van der Waals surface area (Å²) in [7, 11) is 0. The van der Waals surface area contributed by atoms with E-state index in [1.807, 2.05) is 6.08 Å². The van der Waals surface area contributed by atoms with Crippen LogP contribution in [0.2, 0.25) is 0 Å². The van der Waals surface area contributed by atoms with Gasteiger partial charge in [-0.15, -0.1) is 0 Å². The molecule has 0 unspecified atom stereocenters. The lowest BCUT2D eigenvalue weighted by molar-refractivity contribution is 0.157. The van der Waals surface area contributed by atoms with E-state index < -0.39 is 0 Å². The summed E-state index contributed by atoms with van der Waals surface area (Å²) in [4.78, 5) is 2.25. The van der Waals surface area contributed by atoms with Crippen LogP contribution in [-0.4, -0.2) is 35.7 Å². The smallest absolute Gasteiger partial charge is 0.0558 e. The van der Waals surface area contributed by atoms with Crippen molar-refractivity contribution in [1.29, 1.82) is 0 Å². The molecule has 0 aliphatic carbocycles. The highest BCUT2D eigenvalue weighted by Crippen LogP contribution is 2.07. The number of hydrogen-bond donors (Lipinski definition) is 1. The number of halogens is 1. The van der Waals surface area contributed by atoms with Crippen molar-refractivity contribution >= 4 is 11.6 Å². The molecule has 0 saturated heterocycles. The molecule has 2 nitrogen and oxygen atoms in total. The zero-order valence-corrected chi connectivity index (χ0v) is 9.30. The summed E-state index contributed by atoms with van der Waals surface area (Å²) in [6.07, 6.45) is 4.15. The van der Waals surface area contributed by atoms with Gasteiger partial charge in [-0.2, -0.15) is 0 Å². The van der Waals surface area contributed by atoms with Crippen molar-refractivity contribution in [2.45, 2.75) is 32.7 Å². The molecule has 0 aromatic heterocycles. The fourth-order valence-corrected chi connectivity index (χ4v) is 1.61. The van der Waals surface area contributed by atoms with E-state index >= 15 is 0 Å². The molecule has 78 valence electrons. The van der Waals surface area contributed by atoms with Crippen LogP contribution < -0.4 is 0 Å². The second-order valence-corrected chi connectivity index (χ2v) is 3.30. The van der Waals surface area contributed by atoms with E-state index in [1.54, 1.807) is 0 Å². The van der Waals surface area contributed by atoms with Gasteiger partial charge in [-0.3, -0.25) is 4.90 Å². The zero-order valence-electron chi connectivity index (χ0n) is 8.54. The Bertz CT molecular complexity index is 135. The molecule has 0 aromatic rings. The van der Waals surface area contributed by atoms with Gasteiger partial charge >= 0.3 is 0 Å². The quantitative estimate of drug-likeness (QED) is 0.689. The summed E-state index contributed by atoms with van der Waals surface area (Å²) >= 11 is 5.47. The standard InChI is InChI=1S/C10H20ClNO/c1-3-10(4-2)12(8-9-13)7-5-6-11/h5-6,10,13H,3-4,7-9H2,1-2H3. The summed E-state index contributed by atoms with van der Waals surface area (Å²) in [5, 5.41) is 8.88. The fraction of sp³-hybridized carbons (Fsp3) is 0.800. The van der Waals surface area contributed by atoms with Crippen LogP contribution in [0.15, 0.2) is 11.6 Å². The summed E-state index contributed by atoms with van der Waals surface area (Å²) in [5.74, 6) is 0. The minimum absolute atomic E-state index is 0.215. The van der Waals surface area contributed by atoms with E-state index in [1.165, 1.54) is 5.54 Å². The van der Waals surface area contributed by atoms with Gasteiger partial charge in [0, 0.05) is 24.7 Å². The van der Waals surface area contributed by atoms with Crippen molar-refractivity contribution in [2.75, 3.05) is 19.7 Å². The minimum Gasteiger partial charge on any atom is -0.395 e. The van der Waals surface area contributed by atoms with Crippen LogP contribution in [0.1, 0.15) is 26.7 Å². The molecule has 1 N–H and O–H groups in total. The van der Waals surface area contributed by atoms with Gasteiger partial charge in [0.2, 0.25) is 0 Å². The third-order valence-corrected chi connectivity index (χ3v) is 2.45. The SMILES string of the molecule is CCC(CC)N(CC=CCl)CCO. The number of nitrogens with zero attached hydrogens (tertiary/aromatic N) is 1. The lowest BCUT2D eigenvalue weighted by Gasteiger charge is -2.28. The van der Waals surface area contributed by atoms with Crippen molar-refractivity contribution in [3.05, 3.63) is 11.6 Å². The molecular formula is C10H20ClNO. The first-order valence-corrected chi connectivity index (χ1v) is 5.33. The van der Waals surface area contributed by atoms with Crippen LogP contribution in [0.25, 0.3) is 0 Å². The molecule has 0 aliphatic rings. The van der Waals surface area contributed by atoms with E-state index in [4.69, 9.17) is 16.7 Å². The average molecular weight is 206 g/mol. The number of aliphatic hydroxyl groups is 1. The number of aliphatic hydroxyl groups excluding tert-OH is 1. The number of rotatable bonds is 7. The molecule has 0 amide bonds. The Morgan fingerprint density at radius 2 is 2.00 bits per heavy atom. The van der Waals surface area contributed by atoms with Crippen LogP contribution in [0.4, 0.5) is 0 Å². The topological polar surface area (TPSA) is 23.5 Å². The second kappa shape index (κ2) is 8.54. The molecule has 0 radical (unpaired) electrons. The molecule has 0 aromatic carbocycles. The van der Waals surface area contributed by atoms with Gasteiger partial charge in [0.05, 0.1) is 6.61 Å². The molecular weight excluding hydrogens is 186 g/mol. The molecule has 3 heteroatoms. The maximum absolute atomic E-state index is 8.88. The van der Waals surface area contributed by atoms with Gasteiger partial charge in [-0.25, -0.2) is 0 Å². The van der Waals surface area contributed by atoms with Crippen LogP contribution in [0, 0.1) is 0 Å². The number of hydrogen-bond acceptors (Lipinski definition) is 2. The normalized spacial score (nSPS) is 12.2. The Morgan fingerprint density at radius 1 is 1.38 bits per heavy atom. The monoisotopic (exact) mass is 205 g/mol. The van der Waals surface area contributed by atoms with Crippen molar-refractivity contribution in [1.82, 2.24) is 4.90 Å². The summed E-state index contributed by atoms with van der Waals surface area (Å²) < 4.78 is 0. The van der Waals surface area contributed by atoms with Crippen LogP contribution in [0.3, 0.4) is 0 Å². The molecule has 0 spiro atoms. The van der Waals surface area contributed by atoms with Gasteiger partial charge in [0.25, 0.3) is 0 Å². The van der Waals surface area contributed by atoms with Crippen LogP contribution in [-0.2, 0) is 0 Å². The summed E-state index contributed by atoms with van der Waals surface area (Å²) in [5.41, 5.74) is 1.53. The maximum Gasteiger partial charge on any atom is 0.0558 e. The Kier molecular flexibility index (Phi) is 8.51.